The maximum absolute atomic E-state index is 13.0. The SMILES string of the molecule is CC(C)(C)OC(=O)c1[c]c2ccccc2n1Cc1cccc(C(F)(F)F)c1. The van der Waals surface area contributed by atoms with Crippen molar-refractivity contribution >= 4 is 16.9 Å². The van der Waals surface area contributed by atoms with Crippen LogP contribution in [0.3, 0.4) is 0 Å². The molecule has 0 saturated carbocycles. The lowest BCUT2D eigenvalue weighted by Gasteiger charge is -2.20. The molecular formula is C21H19F3NO2. The number of fused-ring (bicyclic) bond motifs is 1. The van der Waals surface area contributed by atoms with E-state index < -0.39 is 23.3 Å². The molecule has 0 aliphatic rings. The van der Waals surface area contributed by atoms with Crippen molar-refractivity contribution in [2.24, 2.45) is 0 Å². The Morgan fingerprint density at radius 2 is 1.78 bits per heavy atom. The Bertz CT molecular complexity index is 981. The van der Waals surface area contributed by atoms with Gasteiger partial charge < -0.3 is 9.30 Å². The molecule has 3 aromatic rings. The minimum atomic E-state index is -4.42. The van der Waals surface area contributed by atoms with Gasteiger partial charge in [0.25, 0.3) is 0 Å². The highest BCUT2D eigenvalue weighted by molar-refractivity contribution is 5.95. The van der Waals surface area contributed by atoms with Gasteiger partial charge in [0, 0.05) is 23.5 Å². The molecule has 1 aromatic heterocycles. The first-order valence-corrected chi connectivity index (χ1v) is 8.45. The molecule has 1 heterocycles. The summed E-state index contributed by atoms with van der Waals surface area (Å²) in [6, 6.07) is 15.3. The minimum Gasteiger partial charge on any atom is -0.455 e. The second-order valence-electron chi connectivity index (χ2n) is 7.28. The summed E-state index contributed by atoms with van der Waals surface area (Å²) in [4.78, 5) is 12.6. The van der Waals surface area contributed by atoms with E-state index in [1.807, 2.05) is 6.07 Å². The van der Waals surface area contributed by atoms with Crippen LogP contribution in [0.1, 0.15) is 42.4 Å². The molecule has 0 saturated heterocycles. The fourth-order valence-electron chi connectivity index (χ4n) is 2.81. The van der Waals surface area contributed by atoms with Crippen LogP contribution in [-0.2, 0) is 17.5 Å². The number of esters is 1. The zero-order valence-corrected chi connectivity index (χ0v) is 15.2. The average Bonchev–Trinajstić information content (AvgIpc) is 2.92. The van der Waals surface area contributed by atoms with Crippen LogP contribution >= 0.6 is 0 Å². The predicted molar refractivity (Wildman–Crippen MR) is 96.5 cm³/mol. The first-order valence-electron chi connectivity index (χ1n) is 8.45. The van der Waals surface area contributed by atoms with E-state index in [0.29, 0.717) is 16.5 Å². The van der Waals surface area contributed by atoms with E-state index in [2.05, 4.69) is 6.07 Å². The Kier molecular flexibility index (Phi) is 4.76. The zero-order chi connectivity index (χ0) is 19.8. The van der Waals surface area contributed by atoms with Crippen molar-refractivity contribution in [3.63, 3.8) is 0 Å². The number of carbonyl (C=O) groups excluding carboxylic acids is 1. The van der Waals surface area contributed by atoms with Crippen molar-refractivity contribution in [3.8, 4) is 0 Å². The Morgan fingerprint density at radius 1 is 1.07 bits per heavy atom. The first kappa shape index (κ1) is 19.0. The summed E-state index contributed by atoms with van der Waals surface area (Å²) in [7, 11) is 0. The molecule has 3 nitrogen and oxygen atoms in total. The number of nitrogens with zero attached hydrogens (tertiary/aromatic N) is 1. The predicted octanol–water partition coefficient (Wildman–Crippen LogP) is 5.46. The Hall–Kier alpha value is -2.76. The number of aromatic nitrogens is 1. The van der Waals surface area contributed by atoms with Gasteiger partial charge in [-0.05, 0) is 44.5 Å². The third-order valence-corrected chi connectivity index (χ3v) is 3.91. The van der Waals surface area contributed by atoms with Gasteiger partial charge in [-0.2, -0.15) is 13.2 Å². The second kappa shape index (κ2) is 6.76. The topological polar surface area (TPSA) is 31.2 Å². The number of hydrogen-bond acceptors (Lipinski definition) is 2. The number of rotatable bonds is 3. The fraction of sp³-hybridized carbons (Fsp3) is 0.286. The maximum Gasteiger partial charge on any atom is 0.416 e. The Balaban J connectivity index is 2.05. The standard InChI is InChI=1S/C21H19F3NO2/c1-20(2,3)27-19(26)18-12-15-8-4-5-10-17(15)25(18)13-14-7-6-9-16(11-14)21(22,23)24/h4-11H,13H2,1-3H3. The van der Waals surface area contributed by atoms with Gasteiger partial charge in [-0.3, -0.25) is 0 Å². The van der Waals surface area contributed by atoms with Crippen LogP contribution in [0.2, 0.25) is 0 Å². The Labute approximate surface area is 155 Å². The third-order valence-electron chi connectivity index (χ3n) is 3.91. The summed E-state index contributed by atoms with van der Waals surface area (Å²) >= 11 is 0. The minimum absolute atomic E-state index is 0.0997. The highest BCUT2D eigenvalue weighted by Gasteiger charge is 2.30. The molecule has 0 aliphatic heterocycles. The molecule has 0 atom stereocenters. The largest absolute Gasteiger partial charge is 0.455 e. The van der Waals surface area contributed by atoms with Gasteiger partial charge in [0.15, 0.2) is 0 Å². The Morgan fingerprint density at radius 3 is 2.44 bits per heavy atom. The molecule has 0 unspecified atom stereocenters. The van der Waals surface area contributed by atoms with Crippen molar-refractivity contribution in [3.05, 3.63) is 71.4 Å². The van der Waals surface area contributed by atoms with Gasteiger partial charge in [0.1, 0.15) is 11.3 Å². The summed E-state index contributed by atoms with van der Waals surface area (Å²) in [6.45, 7) is 5.36. The van der Waals surface area contributed by atoms with Crippen molar-refractivity contribution < 1.29 is 22.7 Å². The molecular weight excluding hydrogens is 355 g/mol. The highest BCUT2D eigenvalue weighted by Crippen LogP contribution is 2.30. The molecule has 0 N–H and O–H groups in total. The number of carbonyl (C=O) groups is 1. The van der Waals surface area contributed by atoms with Gasteiger partial charge in [-0.25, -0.2) is 4.79 Å². The lowest BCUT2D eigenvalue weighted by molar-refractivity contribution is -0.137. The van der Waals surface area contributed by atoms with Crippen LogP contribution in [0.4, 0.5) is 13.2 Å². The van der Waals surface area contributed by atoms with Gasteiger partial charge in [0.05, 0.1) is 5.56 Å². The number of benzene rings is 2. The van der Waals surface area contributed by atoms with E-state index in [0.717, 1.165) is 12.1 Å². The van der Waals surface area contributed by atoms with Crippen molar-refractivity contribution in [2.45, 2.75) is 39.1 Å². The molecule has 27 heavy (non-hydrogen) atoms. The number of para-hydroxylation sites is 1. The van der Waals surface area contributed by atoms with E-state index in [1.165, 1.54) is 6.07 Å². The monoisotopic (exact) mass is 374 g/mol. The van der Waals surface area contributed by atoms with E-state index in [9.17, 15) is 18.0 Å². The van der Waals surface area contributed by atoms with Gasteiger partial charge in [-0.1, -0.05) is 30.3 Å². The molecule has 1 radical (unpaired) electrons. The lowest BCUT2D eigenvalue weighted by atomic mass is 10.1. The number of hydrogen-bond donors (Lipinski definition) is 0. The summed E-state index contributed by atoms with van der Waals surface area (Å²) in [5.41, 5.74) is -0.0921. The molecule has 2 aromatic carbocycles. The zero-order valence-electron chi connectivity index (χ0n) is 15.2. The van der Waals surface area contributed by atoms with Crippen LogP contribution in [0.15, 0.2) is 48.5 Å². The number of alkyl halides is 3. The molecule has 0 aliphatic carbocycles. The summed E-state index contributed by atoms with van der Waals surface area (Å²) in [5.74, 6) is -0.564. The quantitative estimate of drug-likeness (QED) is 0.570. The number of halogens is 3. The smallest absolute Gasteiger partial charge is 0.416 e. The summed E-state index contributed by atoms with van der Waals surface area (Å²) in [6.07, 6.45) is -4.42. The lowest BCUT2D eigenvalue weighted by Crippen LogP contribution is -2.25. The van der Waals surface area contributed by atoms with Crippen molar-refractivity contribution in [1.82, 2.24) is 4.57 Å². The second-order valence-corrected chi connectivity index (χ2v) is 7.28. The fourth-order valence-corrected chi connectivity index (χ4v) is 2.81. The van der Waals surface area contributed by atoms with Crippen LogP contribution in [0, 0.1) is 6.07 Å². The third kappa shape index (κ3) is 4.32. The van der Waals surface area contributed by atoms with E-state index in [-0.39, 0.29) is 12.2 Å². The molecule has 0 bridgehead atoms. The number of ether oxygens (including phenoxy) is 1. The van der Waals surface area contributed by atoms with Crippen LogP contribution in [-0.4, -0.2) is 16.1 Å². The first-order chi connectivity index (χ1) is 12.5. The van der Waals surface area contributed by atoms with E-state index >= 15 is 0 Å². The normalized spacial score (nSPS) is 12.4. The average molecular weight is 374 g/mol. The van der Waals surface area contributed by atoms with Gasteiger partial charge in [0.2, 0.25) is 0 Å². The maximum atomic E-state index is 13.0. The van der Waals surface area contributed by atoms with Crippen LogP contribution in [0.25, 0.3) is 10.9 Å². The molecule has 6 heteroatoms. The molecule has 141 valence electrons. The van der Waals surface area contributed by atoms with Gasteiger partial charge >= 0.3 is 12.1 Å². The highest BCUT2D eigenvalue weighted by atomic mass is 19.4. The molecule has 0 spiro atoms. The molecule has 3 rings (SSSR count). The summed E-state index contributed by atoms with van der Waals surface area (Å²) in [5, 5.41) is 0.699. The van der Waals surface area contributed by atoms with E-state index in [4.69, 9.17) is 4.74 Å². The van der Waals surface area contributed by atoms with Crippen LogP contribution < -0.4 is 0 Å². The van der Waals surface area contributed by atoms with Crippen LogP contribution in [0.5, 0.6) is 0 Å². The van der Waals surface area contributed by atoms with E-state index in [1.54, 1.807) is 49.6 Å². The summed E-state index contributed by atoms with van der Waals surface area (Å²) < 4.78 is 46.1. The van der Waals surface area contributed by atoms with Crippen molar-refractivity contribution in [1.29, 1.82) is 0 Å². The van der Waals surface area contributed by atoms with Gasteiger partial charge in [-0.15, -0.1) is 0 Å². The molecule has 0 fully saturated rings. The van der Waals surface area contributed by atoms with Crippen molar-refractivity contribution in [2.75, 3.05) is 0 Å². The molecule has 0 amide bonds.